The van der Waals surface area contributed by atoms with Crippen LogP contribution in [0.2, 0.25) is 0 Å². The molecule has 0 spiro atoms. The SMILES string of the molecule is CC(=O)N[C@@H](C(=O)O)[C@@H](C)N. The van der Waals surface area contributed by atoms with E-state index >= 15 is 0 Å². The molecule has 2 atom stereocenters. The van der Waals surface area contributed by atoms with Crippen molar-refractivity contribution < 1.29 is 14.7 Å². The highest BCUT2D eigenvalue weighted by Gasteiger charge is 2.21. The van der Waals surface area contributed by atoms with E-state index in [9.17, 15) is 9.59 Å². The minimum atomic E-state index is -1.12. The van der Waals surface area contributed by atoms with Crippen molar-refractivity contribution in [2.75, 3.05) is 0 Å². The van der Waals surface area contributed by atoms with E-state index in [1.54, 1.807) is 0 Å². The monoisotopic (exact) mass is 160 g/mol. The summed E-state index contributed by atoms with van der Waals surface area (Å²) in [6.45, 7) is 2.77. The number of carbonyl (C=O) groups excluding carboxylic acids is 1. The summed E-state index contributed by atoms with van der Waals surface area (Å²) in [6, 6.07) is -1.58. The number of nitrogens with one attached hydrogen (secondary N) is 1. The molecule has 1 amide bonds. The highest BCUT2D eigenvalue weighted by atomic mass is 16.4. The van der Waals surface area contributed by atoms with Gasteiger partial charge >= 0.3 is 5.97 Å². The molecule has 4 N–H and O–H groups in total. The Bertz CT molecular complexity index is 167. The van der Waals surface area contributed by atoms with E-state index in [4.69, 9.17) is 10.8 Å². The number of aliphatic carboxylic acids is 1. The van der Waals surface area contributed by atoms with Gasteiger partial charge in [-0.15, -0.1) is 0 Å². The van der Waals surface area contributed by atoms with Crippen molar-refractivity contribution >= 4 is 11.9 Å². The lowest BCUT2D eigenvalue weighted by Gasteiger charge is -2.16. The van der Waals surface area contributed by atoms with Gasteiger partial charge in [0.05, 0.1) is 0 Å². The number of hydrogen-bond acceptors (Lipinski definition) is 3. The molecular weight excluding hydrogens is 148 g/mol. The molecule has 0 radical (unpaired) electrons. The fraction of sp³-hybridized carbons (Fsp3) is 0.667. The molecule has 0 aliphatic rings. The Morgan fingerprint density at radius 2 is 2.00 bits per heavy atom. The van der Waals surface area contributed by atoms with Gasteiger partial charge in [0.25, 0.3) is 0 Å². The van der Waals surface area contributed by atoms with Gasteiger partial charge in [-0.05, 0) is 6.92 Å². The molecule has 64 valence electrons. The highest BCUT2D eigenvalue weighted by Crippen LogP contribution is 1.89. The number of nitrogens with two attached hydrogens (primary N) is 1. The van der Waals surface area contributed by atoms with Gasteiger partial charge in [0.1, 0.15) is 6.04 Å². The maximum absolute atomic E-state index is 10.4. The van der Waals surface area contributed by atoms with Crippen molar-refractivity contribution in [3.8, 4) is 0 Å². The summed E-state index contributed by atoms with van der Waals surface area (Å²) in [7, 11) is 0. The number of carboxylic acids is 1. The molecule has 0 bridgehead atoms. The standard InChI is InChI=1S/C6H12N2O3/c1-3(7)5(6(10)11)8-4(2)9/h3,5H,7H2,1-2H3,(H,8,9)(H,10,11)/t3-,5-/m1/s1. The molecule has 0 aliphatic heterocycles. The van der Waals surface area contributed by atoms with Crippen LogP contribution in [0.15, 0.2) is 0 Å². The molecule has 0 aromatic heterocycles. The fourth-order valence-corrected chi connectivity index (χ4v) is 0.637. The Balaban J connectivity index is 4.12. The average molecular weight is 160 g/mol. The van der Waals surface area contributed by atoms with Crippen molar-refractivity contribution in [2.45, 2.75) is 25.9 Å². The molecular formula is C6H12N2O3. The van der Waals surface area contributed by atoms with E-state index < -0.39 is 24.0 Å². The Morgan fingerprint density at radius 3 is 2.09 bits per heavy atom. The fourth-order valence-electron chi connectivity index (χ4n) is 0.637. The summed E-state index contributed by atoms with van der Waals surface area (Å²) in [5.74, 6) is -1.51. The molecule has 5 nitrogen and oxygen atoms in total. The summed E-state index contributed by atoms with van der Waals surface area (Å²) in [5, 5.41) is 10.7. The number of carboxylic acid groups (broad SMARTS) is 1. The van der Waals surface area contributed by atoms with Gasteiger partial charge in [0.2, 0.25) is 5.91 Å². The van der Waals surface area contributed by atoms with Crippen molar-refractivity contribution in [1.29, 1.82) is 0 Å². The van der Waals surface area contributed by atoms with Gasteiger partial charge in [0, 0.05) is 13.0 Å². The molecule has 11 heavy (non-hydrogen) atoms. The van der Waals surface area contributed by atoms with Gasteiger partial charge in [-0.2, -0.15) is 0 Å². The number of rotatable bonds is 3. The molecule has 0 aromatic carbocycles. The summed E-state index contributed by atoms with van der Waals surface area (Å²) < 4.78 is 0. The second kappa shape index (κ2) is 3.92. The zero-order chi connectivity index (χ0) is 9.02. The smallest absolute Gasteiger partial charge is 0.327 e. The van der Waals surface area contributed by atoms with Crippen LogP contribution >= 0.6 is 0 Å². The minimum absolute atomic E-state index is 0.394. The molecule has 0 rings (SSSR count). The number of amides is 1. The summed E-state index contributed by atoms with van der Waals surface area (Å²) in [5.41, 5.74) is 5.29. The van der Waals surface area contributed by atoms with Crippen molar-refractivity contribution in [1.82, 2.24) is 5.32 Å². The lowest BCUT2D eigenvalue weighted by molar-refractivity contribution is -0.142. The van der Waals surface area contributed by atoms with E-state index in [1.165, 1.54) is 13.8 Å². The summed E-state index contributed by atoms with van der Waals surface area (Å²) in [4.78, 5) is 20.8. The van der Waals surface area contributed by atoms with Gasteiger partial charge in [-0.1, -0.05) is 0 Å². The Kier molecular flexibility index (Phi) is 3.53. The second-order valence-corrected chi connectivity index (χ2v) is 2.38. The molecule has 0 heterocycles. The topological polar surface area (TPSA) is 92.4 Å². The highest BCUT2D eigenvalue weighted by molar-refractivity contribution is 5.82. The van der Waals surface area contributed by atoms with E-state index in [0.29, 0.717) is 0 Å². The van der Waals surface area contributed by atoms with Crippen LogP contribution in [0.1, 0.15) is 13.8 Å². The zero-order valence-corrected chi connectivity index (χ0v) is 6.50. The van der Waals surface area contributed by atoms with Crippen LogP contribution < -0.4 is 11.1 Å². The number of hydrogen-bond donors (Lipinski definition) is 3. The van der Waals surface area contributed by atoms with E-state index in [0.717, 1.165) is 0 Å². The van der Waals surface area contributed by atoms with Crippen LogP contribution in [0.4, 0.5) is 0 Å². The first-order valence-corrected chi connectivity index (χ1v) is 3.20. The first-order chi connectivity index (χ1) is 4.95. The third kappa shape index (κ3) is 3.57. The second-order valence-electron chi connectivity index (χ2n) is 2.38. The Morgan fingerprint density at radius 1 is 1.55 bits per heavy atom. The van der Waals surface area contributed by atoms with Crippen molar-refractivity contribution in [3.63, 3.8) is 0 Å². The summed E-state index contributed by atoms with van der Waals surface area (Å²) in [6.07, 6.45) is 0. The molecule has 0 aromatic rings. The minimum Gasteiger partial charge on any atom is -0.480 e. The van der Waals surface area contributed by atoms with Crippen molar-refractivity contribution in [2.24, 2.45) is 5.73 Å². The average Bonchev–Trinajstić information content (AvgIpc) is 1.81. The van der Waals surface area contributed by atoms with Crippen LogP contribution in [-0.2, 0) is 9.59 Å². The van der Waals surface area contributed by atoms with Gasteiger partial charge in [-0.3, -0.25) is 4.79 Å². The third-order valence-electron chi connectivity index (χ3n) is 1.15. The van der Waals surface area contributed by atoms with Crippen LogP contribution in [0.5, 0.6) is 0 Å². The normalized spacial score (nSPS) is 15.2. The molecule has 0 aliphatic carbocycles. The Hall–Kier alpha value is -1.10. The van der Waals surface area contributed by atoms with E-state index in [-0.39, 0.29) is 0 Å². The maximum atomic E-state index is 10.4. The Labute approximate surface area is 64.6 Å². The van der Waals surface area contributed by atoms with Gasteiger partial charge in [0.15, 0.2) is 0 Å². The third-order valence-corrected chi connectivity index (χ3v) is 1.15. The first kappa shape index (κ1) is 9.90. The maximum Gasteiger partial charge on any atom is 0.327 e. The predicted octanol–water partition coefficient (Wildman–Crippen LogP) is -1.08. The van der Waals surface area contributed by atoms with Crippen LogP contribution in [0.25, 0.3) is 0 Å². The molecule has 0 unspecified atom stereocenters. The van der Waals surface area contributed by atoms with Crippen LogP contribution in [-0.4, -0.2) is 29.1 Å². The van der Waals surface area contributed by atoms with Crippen molar-refractivity contribution in [3.05, 3.63) is 0 Å². The number of carbonyl (C=O) groups is 2. The molecule has 0 saturated heterocycles. The largest absolute Gasteiger partial charge is 0.480 e. The zero-order valence-electron chi connectivity index (χ0n) is 6.50. The lowest BCUT2D eigenvalue weighted by atomic mass is 10.1. The summed E-state index contributed by atoms with van der Waals surface area (Å²) >= 11 is 0. The molecule has 0 fully saturated rings. The van der Waals surface area contributed by atoms with Crippen LogP contribution in [0.3, 0.4) is 0 Å². The predicted molar refractivity (Wildman–Crippen MR) is 38.9 cm³/mol. The molecule has 5 heteroatoms. The molecule has 0 saturated carbocycles. The van der Waals surface area contributed by atoms with E-state index in [1.807, 2.05) is 0 Å². The van der Waals surface area contributed by atoms with Crippen LogP contribution in [0, 0.1) is 0 Å². The lowest BCUT2D eigenvalue weighted by Crippen LogP contribution is -2.50. The van der Waals surface area contributed by atoms with E-state index in [2.05, 4.69) is 5.32 Å². The van der Waals surface area contributed by atoms with Gasteiger partial charge in [-0.25, -0.2) is 4.79 Å². The van der Waals surface area contributed by atoms with Gasteiger partial charge < -0.3 is 16.2 Å². The first-order valence-electron chi connectivity index (χ1n) is 3.20. The quantitative estimate of drug-likeness (QED) is 0.489.